The van der Waals surface area contributed by atoms with Gasteiger partial charge in [0.2, 0.25) is 5.82 Å². The van der Waals surface area contributed by atoms with E-state index in [0.29, 0.717) is 6.29 Å². The molecule has 3 rings (SSSR count). The average Bonchev–Trinajstić information content (AvgIpc) is 2.74. The van der Waals surface area contributed by atoms with Crippen LogP contribution in [0.3, 0.4) is 0 Å². The van der Waals surface area contributed by atoms with Crippen LogP contribution in [0.15, 0.2) is 6.07 Å². The Bertz CT molecular complexity index is 544. The lowest BCUT2D eigenvalue weighted by molar-refractivity contribution is -0.109. The third-order valence-corrected chi connectivity index (χ3v) is 3.01. The minimum absolute atomic E-state index is 0.0137. The van der Waals surface area contributed by atoms with Gasteiger partial charge in [-0.05, 0) is 6.07 Å². The molecular formula is C11H7F2NO3. The quantitative estimate of drug-likeness (QED) is 0.544. The Balaban J connectivity index is 2.26. The van der Waals surface area contributed by atoms with Crippen LogP contribution in [0.2, 0.25) is 0 Å². The first-order chi connectivity index (χ1) is 8.13. The normalized spacial score (nSPS) is 21.2. The second-order valence-electron chi connectivity index (χ2n) is 4.00. The van der Waals surface area contributed by atoms with Crippen molar-refractivity contribution in [2.45, 2.75) is 0 Å². The second kappa shape index (κ2) is 3.26. The molecule has 17 heavy (non-hydrogen) atoms. The fraction of sp³-hybridized carbons (Fsp3) is 0.273. The Morgan fingerprint density at radius 2 is 2.24 bits per heavy atom. The van der Waals surface area contributed by atoms with Gasteiger partial charge in [0.05, 0.1) is 11.6 Å². The van der Waals surface area contributed by atoms with Gasteiger partial charge in [-0.15, -0.1) is 0 Å². The molecule has 0 saturated carbocycles. The summed E-state index contributed by atoms with van der Waals surface area (Å²) >= 11 is 0. The maximum Gasteiger partial charge on any atom is 0.202 e. The molecule has 2 aliphatic rings. The molecule has 0 aromatic heterocycles. The molecule has 0 aliphatic carbocycles. The van der Waals surface area contributed by atoms with Crippen LogP contribution in [0.5, 0.6) is 5.75 Å². The van der Waals surface area contributed by atoms with Crippen molar-refractivity contribution in [2.24, 2.45) is 5.92 Å². The zero-order chi connectivity index (χ0) is 12.2. The van der Waals surface area contributed by atoms with Gasteiger partial charge >= 0.3 is 0 Å². The predicted octanol–water partition coefficient (Wildman–Crippen LogP) is 1.13. The van der Waals surface area contributed by atoms with E-state index >= 15 is 0 Å². The van der Waals surface area contributed by atoms with E-state index in [-0.39, 0.29) is 30.3 Å². The van der Waals surface area contributed by atoms with Gasteiger partial charge in [-0.25, -0.2) is 4.39 Å². The predicted molar refractivity (Wildman–Crippen MR) is 53.1 cm³/mol. The fourth-order valence-electron chi connectivity index (χ4n) is 2.20. The Kier molecular flexibility index (Phi) is 1.95. The third kappa shape index (κ3) is 1.20. The van der Waals surface area contributed by atoms with Crippen molar-refractivity contribution in [3.8, 4) is 5.75 Å². The first-order valence-corrected chi connectivity index (χ1v) is 5.02. The van der Waals surface area contributed by atoms with Crippen molar-refractivity contribution in [2.75, 3.05) is 18.2 Å². The summed E-state index contributed by atoms with van der Waals surface area (Å²) in [6, 6.07) is 0.827. The Morgan fingerprint density at radius 3 is 2.94 bits per heavy atom. The van der Waals surface area contributed by atoms with E-state index in [1.165, 1.54) is 0 Å². The van der Waals surface area contributed by atoms with Crippen LogP contribution in [0.1, 0.15) is 10.4 Å². The third-order valence-electron chi connectivity index (χ3n) is 3.01. The van der Waals surface area contributed by atoms with Crippen molar-refractivity contribution >= 4 is 17.8 Å². The van der Waals surface area contributed by atoms with Gasteiger partial charge in [0.1, 0.15) is 6.29 Å². The summed E-state index contributed by atoms with van der Waals surface area (Å²) < 4.78 is 31.7. The van der Waals surface area contributed by atoms with E-state index in [9.17, 15) is 18.4 Å². The number of carbonyl (C=O) groups is 2. The molecule has 88 valence electrons. The van der Waals surface area contributed by atoms with Crippen LogP contribution in [0, 0.1) is 17.6 Å². The van der Waals surface area contributed by atoms with Crippen molar-refractivity contribution in [1.82, 2.24) is 0 Å². The lowest BCUT2D eigenvalue weighted by atomic mass is 9.92. The summed E-state index contributed by atoms with van der Waals surface area (Å²) in [6.45, 7) is 0.174. The first-order valence-electron chi connectivity index (χ1n) is 5.02. The smallest absolute Gasteiger partial charge is 0.202 e. The number of halogens is 2. The second-order valence-corrected chi connectivity index (χ2v) is 4.00. The van der Waals surface area contributed by atoms with E-state index in [0.717, 1.165) is 6.07 Å². The van der Waals surface area contributed by atoms with E-state index in [1.807, 2.05) is 0 Å². The highest BCUT2D eigenvalue weighted by Gasteiger charge is 2.39. The number of rotatable bonds is 1. The standard InChI is InChI=1S/C11H7F2NO3/c12-7-1-6-9-11(8(7)13)17-4-14(9)2-5(3-15)10(6)16/h1,3,5H,2,4H2. The molecule has 6 heteroatoms. The number of ether oxygens (including phenoxy) is 1. The summed E-state index contributed by atoms with van der Waals surface area (Å²) in [5.41, 5.74) is 0.270. The summed E-state index contributed by atoms with van der Waals surface area (Å²) in [7, 11) is 0. The van der Waals surface area contributed by atoms with Gasteiger partial charge in [-0.3, -0.25) is 4.79 Å². The minimum atomic E-state index is -1.14. The number of anilines is 1. The van der Waals surface area contributed by atoms with E-state index in [4.69, 9.17) is 4.74 Å². The zero-order valence-electron chi connectivity index (χ0n) is 8.57. The number of hydrogen-bond acceptors (Lipinski definition) is 4. The molecule has 0 spiro atoms. The average molecular weight is 239 g/mol. The molecule has 1 unspecified atom stereocenters. The zero-order valence-corrected chi connectivity index (χ0v) is 8.57. The summed E-state index contributed by atoms with van der Waals surface area (Å²) in [4.78, 5) is 24.2. The van der Waals surface area contributed by atoms with E-state index < -0.39 is 23.3 Å². The number of Topliss-reactive ketones (excluding diaryl/α,β-unsaturated/α-hetero) is 1. The molecule has 0 bridgehead atoms. The molecule has 2 aliphatic heterocycles. The molecule has 0 radical (unpaired) electrons. The van der Waals surface area contributed by atoms with Crippen LogP contribution in [0.4, 0.5) is 14.5 Å². The number of nitrogens with zero attached hydrogens (tertiary/aromatic N) is 1. The SMILES string of the molecule is O=CC1CN2COc3c(F)c(F)cc(c32)C1=O. The molecule has 1 atom stereocenters. The number of aldehydes is 1. The van der Waals surface area contributed by atoms with Gasteiger partial charge in [-0.2, -0.15) is 4.39 Å². The van der Waals surface area contributed by atoms with Crippen LogP contribution >= 0.6 is 0 Å². The van der Waals surface area contributed by atoms with Crippen LogP contribution in [-0.2, 0) is 4.79 Å². The fourth-order valence-corrected chi connectivity index (χ4v) is 2.20. The minimum Gasteiger partial charge on any atom is -0.468 e. The number of benzene rings is 1. The molecule has 4 nitrogen and oxygen atoms in total. The number of hydrogen-bond donors (Lipinski definition) is 0. The molecule has 0 fully saturated rings. The molecule has 0 N–H and O–H groups in total. The largest absolute Gasteiger partial charge is 0.468 e. The van der Waals surface area contributed by atoms with Crippen molar-refractivity contribution in [3.63, 3.8) is 0 Å². The molecule has 1 aromatic rings. The highest BCUT2D eigenvalue weighted by atomic mass is 19.2. The van der Waals surface area contributed by atoms with Crippen molar-refractivity contribution in [3.05, 3.63) is 23.3 Å². The summed E-state index contributed by atoms with van der Waals surface area (Å²) in [5.74, 6) is -3.80. The Morgan fingerprint density at radius 1 is 1.47 bits per heavy atom. The van der Waals surface area contributed by atoms with E-state index in [1.54, 1.807) is 4.90 Å². The monoisotopic (exact) mass is 239 g/mol. The topological polar surface area (TPSA) is 46.6 Å². The maximum atomic E-state index is 13.4. The van der Waals surface area contributed by atoms with Crippen LogP contribution < -0.4 is 9.64 Å². The van der Waals surface area contributed by atoms with Gasteiger partial charge < -0.3 is 14.4 Å². The summed E-state index contributed by atoms with van der Waals surface area (Å²) in [5, 5.41) is 0. The number of ketones is 1. The Labute approximate surface area is 94.8 Å². The van der Waals surface area contributed by atoms with Gasteiger partial charge in [0.25, 0.3) is 0 Å². The van der Waals surface area contributed by atoms with Crippen LogP contribution in [0.25, 0.3) is 0 Å². The molecule has 1 aromatic carbocycles. The summed E-state index contributed by atoms with van der Waals surface area (Å²) in [6.07, 6.45) is 0.518. The first kappa shape index (κ1) is 10.2. The molecule has 0 saturated heterocycles. The molecule has 0 amide bonds. The lowest BCUT2D eigenvalue weighted by Gasteiger charge is -2.27. The van der Waals surface area contributed by atoms with Gasteiger partial charge in [-0.1, -0.05) is 0 Å². The lowest BCUT2D eigenvalue weighted by Crippen LogP contribution is -2.38. The number of carbonyl (C=O) groups excluding carboxylic acids is 2. The molecule has 2 heterocycles. The van der Waals surface area contributed by atoms with Crippen molar-refractivity contribution < 1.29 is 23.1 Å². The highest BCUT2D eigenvalue weighted by molar-refractivity contribution is 6.12. The van der Waals surface area contributed by atoms with Crippen molar-refractivity contribution in [1.29, 1.82) is 0 Å². The van der Waals surface area contributed by atoms with E-state index in [2.05, 4.69) is 0 Å². The maximum absolute atomic E-state index is 13.4. The van der Waals surface area contributed by atoms with Gasteiger partial charge in [0, 0.05) is 12.1 Å². The highest BCUT2D eigenvalue weighted by Crippen LogP contribution is 2.44. The molecular weight excluding hydrogens is 232 g/mol. The van der Waals surface area contributed by atoms with Gasteiger partial charge in [0.15, 0.2) is 24.1 Å². The van der Waals surface area contributed by atoms with Crippen LogP contribution in [-0.4, -0.2) is 25.3 Å². The Hall–Kier alpha value is -1.98.